The second kappa shape index (κ2) is 8.31. The molecule has 2 amide bonds. The van der Waals surface area contributed by atoms with E-state index < -0.39 is 0 Å². The summed E-state index contributed by atoms with van der Waals surface area (Å²) in [6, 6.07) is 11.1. The normalized spacial score (nSPS) is 27.5. The second-order valence-electron chi connectivity index (χ2n) is 9.39. The molecule has 4 fully saturated rings. The molecule has 0 N–H and O–H groups in total. The van der Waals surface area contributed by atoms with E-state index in [1.807, 2.05) is 11.0 Å². The third-order valence-corrected chi connectivity index (χ3v) is 7.75. The highest BCUT2D eigenvalue weighted by molar-refractivity contribution is 5.91. The predicted molar refractivity (Wildman–Crippen MR) is 114 cm³/mol. The summed E-state index contributed by atoms with van der Waals surface area (Å²) in [5.41, 5.74) is 1.12. The van der Waals surface area contributed by atoms with Crippen molar-refractivity contribution in [3.8, 4) is 0 Å². The highest BCUT2D eigenvalue weighted by Gasteiger charge is 2.63. The molecule has 1 aromatic rings. The molecule has 4 aliphatic rings. The van der Waals surface area contributed by atoms with Crippen LogP contribution in [0.5, 0.6) is 0 Å². The molecule has 0 radical (unpaired) electrons. The minimum atomic E-state index is -0.162. The molecule has 1 spiro atoms. The highest BCUT2D eigenvalue weighted by atomic mass is 16.5. The minimum Gasteiger partial charge on any atom is -0.379 e. The van der Waals surface area contributed by atoms with Crippen molar-refractivity contribution < 1.29 is 14.3 Å². The Balaban J connectivity index is 1.24. The first kappa shape index (κ1) is 20.0. The number of hydrogen-bond acceptors (Lipinski definition) is 4. The summed E-state index contributed by atoms with van der Waals surface area (Å²) in [5.74, 6) is 0.587. The van der Waals surface area contributed by atoms with Crippen LogP contribution in [0, 0.1) is 5.41 Å². The smallest absolute Gasteiger partial charge is 0.236 e. The number of carbonyl (C=O) groups is 2. The third kappa shape index (κ3) is 3.44. The van der Waals surface area contributed by atoms with Gasteiger partial charge in [0.05, 0.1) is 31.2 Å². The van der Waals surface area contributed by atoms with Crippen LogP contribution in [-0.2, 0) is 14.3 Å². The number of nitrogens with zero attached hydrogens (tertiary/aromatic N) is 3. The number of benzene rings is 1. The maximum atomic E-state index is 13.4. The lowest BCUT2D eigenvalue weighted by atomic mass is 9.65. The fourth-order valence-corrected chi connectivity index (χ4v) is 6.12. The van der Waals surface area contributed by atoms with Crippen LogP contribution in [0.2, 0.25) is 0 Å². The first-order chi connectivity index (χ1) is 14.7. The number of hydrogen-bond donors (Lipinski definition) is 0. The van der Waals surface area contributed by atoms with E-state index in [9.17, 15) is 9.59 Å². The molecule has 3 saturated heterocycles. The van der Waals surface area contributed by atoms with Crippen LogP contribution >= 0.6 is 0 Å². The van der Waals surface area contributed by atoms with E-state index in [0.717, 1.165) is 77.9 Å². The molecule has 0 aromatic heterocycles. The number of ether oxygens (including phenoxy) is 1. The largest absolute Gasteiger partial charge is 0.379 e. The van der Waals surface area contributed by atoms with Crippen LogP contribution in [0.1, 0.15) is 50.1 Å². The van der Waals surface area contributed by atoms with Gasteiger partial charge in [0.25, 0.3) is 0 Å². The van der Waals surface area contributed by atoms with Gasteiger partial charge in [-0.15, -0.1) is 0 Å². The molecule has 5 rings (SSSR count). The Bertz CT molecular complexity index is 763. The van der Waals surface area contributed by atoms with E-state index in [0.29, 0.717) is 12.5 Å². The predicted octanol–water partition coefficient (Wildman–Crippen LogP) is 2.45. The summed E-state index contributed by atoms with van der Waals surface area (Å²) >= 11 is 0. The van der Waals surface area contributed by atoms with Gasteiger partial charge in [-0.05, 0) is 31.2 Å². The van der Waals surface area contributed by atoms with Crippen molar-refractivity contribution in [3.05, 3.63) is 35.9 Å². The molecule has 6 nitrogen and oxygen atoms in total. The number of carbonyl (C=O) groups excluding carboxylic acids is 2. The molecule has 1 saturated carbocycles. The Morgan fingerprint density at radius 3 is 2.33 bits per heavy atom. The molecule has 162 valence electrons. The van der Waals surface area contributed by atoms with Crippen molar-refractivity contribution in [2.24, 2.45) is 5.41 Å². The molecule has 3 heterocycles. The highest BCUT2D eigenvalue weighted by Crippen LogP contribution is 2.60. The van der Waals surface area contributed by atoms with Crippen LogP contribution in [0.4, 0.5) is 0 Å². The van der Waals surface area contributed by atoms with Gasteiger partial charge in [0.15, 0.2) is 0 Å². The number of piperidine rings is 1. The van der Waals surface area contributed by atoms with Gasteiger partial charge in [-0.3, -0.25) is 14.5 Å². The van der Waals surface area contributed by atoms with E-state index in [2.05, 4.69) is 34.1 Å². The average molecular weight is 412 g/mol. The first-order valence-corrected chi connectivity index (χ1v) is 11.6. The van der Waals surface area contributed by atoms with Crippen molar-refractivity contribution in [1.29, 1.82) is 0 Å². The number of morpholine rings is 1. The summed E-state index contributed by atoms with van der Waals surface area (Å²) in [4.78, 5) is 32.5. The Morgan fingerprint density at radius 2 is 1.67 bits per heavy atom. The molecule has 6 heteroatoms. The van der Waals surface area contributed by atoms with Gasteiger partial charge in [-0.1, -0.05) is 43.2 Å². The monoisotopic (exact) mass is 411 g/mol. The zero-order valence-electron chi connectivity index (χ0n) is 17.8. The van der Waals surface area contributed by atoms with Gasteiger partial charge in [0.2, 0.25) is 11.8 Å². The van der Waals surface area contributed by atoms with Crippen molar-refractivity contribution in [3.63, 3.8) is 0 Å². The van der Waals surface area contributed by atoms with Crippen LogP contribution in [-0.4, -0.2) is 78.5 Å². The summed E-state index contributed by atoms with van der Waals surface area (Å²) in [7, 11) is 0. The molecule has 30 heavy (non-hydrogen) atoms. The molecule has 1 aromatic carbocycles. The second-order valence-corrected chi connectivity index (χ2v) is 9.39. The summed E-state index contributed by atoms with van der Waals surface area (Å²) in [5, 5.41) is 0. The summed E-state index contributed by atoms with van der Waals surface area (Å²) in [6.07, 6.45) is 6.16. The lowest BCUT2D eigenvalue weighted by Crippen LogP contribution is -2.66. The molecule has 1 atom stereocenters. The summed E-state index contributed by atoms with van der Waals surface area (Å²) in [6.45, 7) is 5.12. The number of β-lactam (4-membered cyclic amide) rings is 1. The van der Waals surface area contributed by atoms with Crippen molar-refractivity contribution in [2.75, 3.05) is 45.9 Å². The van der Waals surface area contributed by atoms with E-state index in [4.69, 9.17) is 4.74 Å². The van der Waals surface area contributed by atoms with Gasteiger partial charge in [0, 0.05) is 32.2 Å². The lowest BCUT2D eigenvalue weighted by molar-refractivity contribution is -0.181. The Morgan fingerprint density at radius 1 is 1.00 bits per heavy atom. The van der Waals surface area contributed by atoms with Crippen LogP contribution in [0.3, 0.4) is 0 Å². The summed E-state index contributed by atoms with van der Waals surface area (Å²) < 4.78 is 5.38. The number of rotatable bonds is 4. The molecule has 1 unspecified atom stereocenters. The van der Waals surface area contributed by atoms with Gasteiger partial charge < -0.3 is 14.5 Å². The molecular formula is C24H33N3O3. The third-order valence-electron chi connectivity index (χ3n) is 7.75. The van der Waals surface area contributed by atoms with Gasteiger partial charge in [-0.25, -0.2) is 0 Å². The standard InChI is InChI=1S/C24H33N3O3/c28-21(18-25-14-16-30-17-15-25)26-12-8-20(9-13-26)27-22(19-6-2-1-3-7-19)24(23(27)29)10-4-5-11-24/h1-3,6-7,20,22H,4-5,8-18H2. The van der Waals surface area contributed by atoms with Gasteiger partial charge >= 0.3 is 0 Å². The van der Waals surface area contributed by atoms with Crippen LogP contribution < -0.4 is 0 Å². The van der Waals surface area contributed by atoms with E-state index in [1.165, 1.54) is 5.56 Å². The zero-order chi connectivity index (χ0) is 20.6. The fourth-order valence-electron chi connectivity index (χ4n) is 6.12. The number of likely N-dealkylation sites (tertiary alicyclic amines) is 2. The molecule has 3 aliphatic heterocycles. The SMILES string of the molecule is O=C(CN1CCOCC1)N1CCC(N2C(=O)C3(CCCC3)C2c2ccccc2)CC1. The van der Waals surface area contributed by atoms with Crippen LogP contribution in [0.25, 0.3) is 0 Å². The topological polar surface area (TPSA) is 53.1 Å². The zero-order valence-corrected chi connectivity index (χ0v) is 17.8. The fraction of sp³-hybridized carbons (Fsp3) is 0.667. The first-order valence-electron chi connectivity index (χ1n) is 11.6. The van der Waals surface area contributed by atoms with E-state index in [-0.39, 0.29) is 23.4 Å². The van der Waals surface area contributed by atoms with Gasteiger partial charge in [0.1, 0.15) is 0 Å². The Hall–Kier alpha value is -1.92. The Labute approximate surface area is 179 Å². The van der Waals surface area contributed by atoms with Crippen molar-refractivity contribution in [2.45, 2.75) is 50.6 Å². The lowest BCUT2D eigenvalue weighted by Gasteiger charge is -2.59. The van der Waals surface area contributed by atoms with Crippen molar-refractivity contribution in [1.82, 2.24) is 14.7 Å². The quantitative estimate of drug-likeness (QED) is 0.715. The van der Waals surface area contributed by atoms with Crippen molar-refractivity contribution >= 4 is 11.8 Å². The molecule has 1 aliphatic carbocycles. The van der Waals surface area contributed by atoms with Gasteiger partial charge in [-0.2, -0.15) is 0 Å². The van der Waals surface area contributed by atoms with Crippen LogP contribution in [0.15, 0.2) is 30.3 Å². The number of amides is 2. The maximum absolute atomic E-state index is 13.4. The molecular weight excluding hydrogens is 378 g/mol. The maximum Gasteiger partial charge on any atom is 0.236 e. The van der Waals surface area contributed by atoms with E-state index >= 15 is 0 Å². The Kier molecular flexibility index (Phi) is 5.54. The molecule has 0 bridgehead atoms. The average Bonchev–Trinajstić information content (AvgIpc) is 3.31. The minimum absolute atomic E-state index is 0.162. The van der Waals surface area contributed by atoms with E-state index in [1.54, 1.807) is 0 Å².